The number of nitrogen functional groups attached to an aromatic ring is 1. The second kappa shape index (κ2) is 6.82. The number of amides is 1. The van der Waals surface area contributed by atoms with E-state index in [0.29, 0.717) is 18.7 Å². The Hall–Kier alpha value is -1.98. The molecule has 6 heteroatoms. The summed E-state index contributed by atoms with van der Waals surface area (Å²) in [6, 6.07) is 2.72. The molecule has 0 saturated carbocycles. The number of hydrogen-bond acceptors (Lipinski definition) is 4. The van der Waals surface area contributed by atoms with Gasteiger partial charge in [-0.15, -0.1) is 0 Å². The number of rotatable bonds is 6. The standard InChI is InChI=1S/C13H20FN3O2/c1-8(2)19-12-7-11(10(15)6-9(12)14)17-5-4-13(18)16-3/h6-8,17H,4-5,15H2,1-3H3,(H,16,18). The van der Waals surface area contributed by atoms with Crippen molar-refractivity contribution in [1.29, 1.82) is 0 Å². The van der Waals surface area contributed by atoms with Gasteiger partial charge >= 0.3 is 0 Å². The summed E-state index contributed by atoms with van der Waals surface area (Å²) in [5.41, 5.74) is 6.55. The van der Waals surface area contributed by atoms with E-state index in [1.807, 2.05) is 13.8 Å². The number of carbonyl (C=O) groups is 1. The second-order valence-corrected chi connectivity index (χ2v) is 4.39. The maximum Gasteiger partial charge on any atom is 0.221 e. The third kappa shape index (κ3) is 4.65. The highest BCUT2D eigenvalue weighted by atomic mass is 19.1. The summed E-state index contributed by atoms with van der Waals surface area (Å²) in [5, 5.41) is 5.50. The third-order valence-corrected chi connectivity index (χ3v) is 2.41. The zero-order chi connectivity index (χ0) is 14.4. The Morgan fingerprint density at radius 3 is 2.74 bits per heavy atom. The zero-order valence-electron chi connectivity index (χ0n) is 11.4. The van der Waals surface area contributed by atoms with Crippen molar-refractivity contribution >= 4 is 17.3 Å². The first-order valence-electron chi connectivity index (χ1n) is 6.14. The first-order valence-corrected chi connectivity index (χ1v) is 6.14. The molecule has 1 rings (SSSR count). The number of hydrogen-bond donors (Lipinski definition) is 3. The van der Waals surface area contributed by atoms with E-state index in [9.17, 15) is 9.18 Å². The normalized spacial score (nSPS) is 10.4. The maximum atomic E-state index is 13.6. The molecule has 0 aliphatic rings. The predicted molar refractivity (Wildman–Crippen MR) is 73.7 cm³/mol. The van der Waals surface area contributed by atoms with Crippen molar-refractivity contribution in [2.45, 2.75) is 26.4 Å². The van der Waals surface area contributed by atoms with E-state index in [1.54, 1.807) is 7.05 Å². The van der Waals surface area contributed by atoms with Crippen LogP contribution in [0.5, 0.6) is 5.75 Å². The van der Waals surface area contributed by atoms with E-state index < -0.39 is 5.82 Å². The van der Waals surface area contributed by atoms with Crippen molar-refractivity contribution in [3.8, 4) is 5.75 Å². The minimum Gasteiger partial charge on any atom is -0.488 e. The largest absolute Gasteiger partial charge is 0.488 e. The predicted octanol–water partition coefficient (Wildman–Crippen LogP) is 1.74. The molecule has 0 saturated heterocycles. The molecule has 0 heterocycles. The van der Waals surface area contributed by atoms with Crippen LogP contribution in [-0.2, 0) is 4.79 Å². The average Bonchev–Trinajstić information content (AvgIpc) is 2.33. The number of nitrogens with one attached hydrogen (secondary N) is 2. The number of anilines is 2. The molecular formula is C13H20FN3O2. The molecule has 0 fully saturated rings. The first-order chi connectivity index (χ1) is 8.93. The van der Waals surface area contributed by atoms with Crippen LogP contribution < -0.4 is 21.1 Å². The Balaban J connectivity index is 2.74. The fraction of sp³-hybridized carbons (Fsp3) is 0.462. The molecule has 0 aliphatic heterocycles. The van der Waals surface area contributed by atoms with Gasteiger partial charge in [-0.2, -0.15) is 0 Å². The summed E-state index contributed by atoms with van der Waals surface area (Å²) in [5.74, 6) is -0.429. The Labute approximate surface area is 112 Å². The lowest BCUT2D eigenvalue weighted by atomic mass is 10.2. The van der Waals surface area contributed by atoms with E-state index in [1.165, 1.54) is 12.1 Å². The van der Waals surface area contributed by atoms with Gasteiger partial charge in [-0.1, -0.05) is 0 Å². The van der Waals surface area contributed by atoms with Crippen molar-refractivity contribution < 1.29 is 13.9 Å². The molecule has 5 nitrogen and oxygen atoms in total. The minimum atomic E-state index is -0.497. The monoisotopic (exact) mass is 269 g/mol. The highest BCUT2D eigenvalue weighted by Gasteiger charge is 2.10. The van der Waals surface area contributed by atoms with Crippen LogP contribution in [0.25, 0.3) is 0 Å². The van der Waals surface area contributed by atoms with Gasteiger partial charge in [0.2, 0.25) is 5.91 Å². The molecule has 4 N–H and O–H groups in total. The summed E-state index contributed by atoms with van der Waals surface area (Å²) in [7, 11) is 1.57. The van der Waals surface area contributed by atoms with Crippen LogP contribution in [0.2, 0.25) is 0 Å². The second-order valence-electron chi connectivity index (χ2n) is 4.39. The lowest BCUT2D eigenvalue weighted by molar-refractivity contribution is -0.120. The molecule has 0 aromatic heterocycles. The van der Waals surface area contributed by atoms with E-state index >= 15 is 0 Å². The number of nitrogens with two attached hydrogens (primary N) is 1. The van der Waals surface area contributed by atoms with Crippen LogP contribution in [0.15, 0.2) is 12.1 Å². The maximum absolute atomic E-state index is 13.6. The fourth-order valence-corrected chi connectivity index (χ4v) is 1.50. The topological polar surface area (TPSA) is 76.4 Å². The number of benzene rings is 1. The Morgan fingerprint density at radius 1 is 1.47 bits per heavy atom. The summed E-state index contributed by atoms with van der Waals surface area (Å²) in [6.45, 7) is 4.04. The van der Waals surface area contributed by atoms with E-state index in [2.05, 4.69) is 10.6 Å². The Morgan fingerprint density at radius 2 is 2.16 bits per heavy atom. The van der Waals surface area contributed by atoms with Gasteiger partial charge in [0.05, 0.1) is 17.5 Å². The van der Waals surface area contributed by atoms with Gasteiger partial charge in [-0.3, -0.25) is 4.79 Å². The van der Waals surface area contributed by atoms with Crippen LogP contribution in [0.4, 0.5) is 15.8 Å². The number of carbonyl (C=O) groups excluding carboxylic acids is 1. The molecular weight excluding hydrogens is 249 g/mol. The molecule has 1 aromatic rings. The SMILES string of the molecule is CNC(=O)CCNc1cc(OC(C)C)c(F)cc1N. The molecule has 1 amide bonds. The molecule has 1 aromatic carbocycles. The van der Waals surface area contributed by atoms with Crippen molar-refractivity contribution in [1.82, 2.24) is 5.32 Å². The van der Waals surface area contributed by atoms with Gasteiger partial charge in [0, 0.05) is 32.1 Å². The quantitative estimate of drug-likeness (QED) is 0.688. The van der Waals surface area contributed by atoms with Crippen LogP contribution >= 0.6 is 0 Å². The van der Waals surface area contributed by atoms with Crippen molar-refractivity contribution in [3.05, 3.63) is 17.9 Å². The fourth-order valence-electron chi connectivity index (χ4n) is 1.50. The Kier molecular flexibility index (Phi) is 5.41. The molecule has 19 heavy (non-hydrogen) atoms. The highest BCUT2D eigenvalue weighted by molar-refractivity contribution is 5.76. The lowest BCUT2D eigenvalue weighted by Crippen LogP contribution is -2.21. The van der Waals surface area contributed by atoms with Gasteiger partial charge < -0.3 is 21.1 Å². The van der Waals surface area contributed by atoms with Gasteiger partial charge in [0.1, 0.15) is 0 Å². The van der Waals surface area contributed by atoms with Gasteiger partial charge in [-0.05, 0) is 13.8 Å². The van der Waals surface area contributed by atoms with Crippen LogP contribution in [0.1, 0.15) is 20.3 Å². The smallest absolute Gasteiger partial charge is 0.221 e. The number of ether oxygens (including phenoxy) is 1. The summed E-state index contributed by atoms with van der Waals surface area (Å²) in [4.78, 5) is 11.1. The molecule has 0 bridgehead atoms. The molecule has 0 spiro atoms. The first kappa shape index (κ1) is 15.1. The lowest BCUT2D eigenvalue weighted by Gasteiger charge is -2.14. The molecule has 0 radical (unpaired) electrons. The van der Waals surface area contributed by atoms with Crippen molar-refractivity contribution in [2.75, 3.05) is 24.6 Å². The molecule has 0 atom stereocenters. The van der Waals surface area contributed by atoms with Gasteiger partial charge in [0.15, 0.2) is 11.6 Å². The van der Waals surface area contributed by atoms with E-state index in [-0.39, 0.29) is 23.4 Å². The highest BCUT2D eigenvalue weighted by Crippen LogP contribution is 2.28. The van der Waals surface area contributed by atoms with Crippen molar-refractivity contribution in [2.24, 2.45) is 0 Å². The molecule has 106 valence electrons. The summed E-state index contributed by atoms with van der Waals surface area (Å²) >= 11 is 0. The number of halogens is 1. The Bertz CT molecular complexity index is 450. The third-order valence-electron chi connectivity index (χ3n) is 2.41. The van der Waals surface area contributed by atoms with E-state index in [0.717, 1.165) is 0 Å². The average molecular weight is 269 g/mol. The van der Waals surface area contributed by atoms with Crippen LogP contribution in [0.3, 0.4) is 0 Å². The van der Waals surface area contributed by atoms with Crippen LogP contribution in [0, 0.1) is 5.82 Å². The molecule has 0 unspecified atom stereocenters. The van der Waals surface area contributed by atoms with E-state index in [4.69, 9.17) is 10.5 Å². The van der Waals surface area contributed by atoms with Gasteiger partial charge in [-0.25, -0.2) is 4.39 Å². The summed E-state index contributed by atoms with van der Waals surface area (Å²) in [6.07, 6.45) is 0.185. The van der Waals surface area contributed by atoms with Crippen molar-refractivity contribution in [3.63, 3.8) is 0 Å². The van der Waals surface area contributed by atoms with Crippen LogP contribution in [-0.4, -0.2) is 25.6 Å². The minimum absolute atomic E-state index is 0.0770. The zero-order valence-corrected chi connectivity index (χ0v) is 11.4. The van der Waals surface area contributed by atoms with Gasteiger partial charge in [0.25, 0.3) is 0 Å². The molecule has 0 aliphatic carbocycles. The summed E-state index contributed by atoms with van der Waals surface area (Å²) < 4.78 is 18.9.